The second-order valence-corrected chi connectivity index (χ2v) is 4.75. The van der Waals surface area contributed by atoms with Gasteiger partial charge >= 0.3 is 0 Å². The maximum Gasteiger partial charge on any atom is 0.0515 e. The van der Waals surface area contributed by atoms with Crippen molar-refractivity contribution in [2.75, 3.05) is 0 Å². The number of nitrogens with one attached hydrogen (secondary N) is 1. The van der Waals surface area contributed by atoms with Gasteiger partial charge in [-0.15, -0.1) is 0 Å². The van der Waals surface area contributed by atoms with Crippen molar-refractivity contribution < 1.29 is 0 Å². The van der Waals surface area contributed by atoms with Gasteiger partial charge in [-0.2, -0.15) is 0 Å². The molecule has 2 rings (SSSR count). The zero-order valence-electron chi connectivity index (χ0n) is 9.31. The van der Waals surface area contributed by atoms with Gasteiger partial charge in [-0.05, 0) is 35.7 Å². The Morgan fingerprint density at radius 3 is 2.59 bits per heavy atom. The maximum atomic E-state index is 5.60. The van der Waals surface area contributed by atoms with Crippen molar-refractivity contribution in [1.82, 2.24) is 10.4 Å². The van der Waals surface area contributed by atoms with Crippen LogP contribution in [-0.2, 0) is 6.42 Å². The Morgan fingerprint density at radius 2 is 2.00 bits per heavy atom. The molecule has 0 saturated heterocycles. The molecule has 0 aliphatic carbocycles. The van der Waals surface area contributed by atoms with Crippen molar-refractivity contribution >= 4 is 15.9 Å². The van der Waals surface area contributed by atoms with Gasteiger partial charge in [0.1, 0.15) is 0 Å². The average molecular weight is 292 g/mol. The molecule has 0 fully saturated rings. The van der Waals surface area contributed by atoms with Crippen molar-refractivity contribution in [2.24, 2.45) is 5.84 Å². The van der Waals surface area contributed by atoms with Crippen molar-refractivity contribution in [2.45, 2.75) is 12.5 Å². The highest BCUT2D eigenvalue weighted by atomic mass is 79.9. The number of aromatic nitrogens is 1. The quantitative estimate of drug-likeness (QED) is 0.672. The SMILES string of the molecule is NNC(Cc1ccc(Br)cc1)c1cccnc1. The zero-order chi connectivity index (χ0) is 12.1. The highest BCUT2D eigenvalue weighted by Crippen LogP contribution is 2.18. The number of benzene rings is 1. The van der Waals surface area contributed by atoms with Crippen molar-refractivity contribution in [1.29, 1.82) is 0 Å². The molecule has 3 nitrogen and oxygen atoms in total. The molecule has 0 aliphatic heterocycles. The summed E-state index contributed by atoms with van der Waals surface area (Å²) in [6.07, 6.45) is 4.44. The summed E-state index contributed by atoms with van der Waals surface area (Å²) >= 11 is 3.42. The minimum atomic E-state index is 0.0878. The first-order valence-electron chi connectivity index (χ1n) is 5.40. The maximum absolute atomic E-state index is 5.60. The molecule has 3 N–H and O–H groups in total. The Hall–Kier alpha value is -1.23. The van der Waals surface area contributed by atoms with Crippen LogP contribution in [-0.4, -0.2) is 4.98 Å². The fourth-order valence-electron chi connectivity index (χ4n) is 1.71. The van der Waals surface area contributed by atoms with Crippen LogP contribution in [0.25, 0.3) is 0 Å². The van der Waals surface area contributed by atoms with Gasteiger partial charge < -0.3 is 0 Å². The van der Waals surface area contributed by atoms with Crippen molar-refractivity contribution in [3.8, 4) is 0 Å². The molecule has 2 aromatic rings. The normalized spacial score (nSPS) is 12.4. The van der Waals surface area contributed by atoms with E-state index in [1.807, 2.05) is 30.5 Å². The van der Waals surface area contributed by atoms with Crippen LogP contribution in [0.5, 0.6) is 0 Å². The summed E-state index contributed by atoms with van der Waals surface area (Å²) < 4.78 is 1.08. The lowest BCUT2D eigenvalue weighted by molar-refractivity contribution is 0.550. The molecule has 0 radical (unpaired) electrons. The van der Waals surface area contributed by atoms with Crippen LogP contribution in [0.3, 0.4) is 0 Å². The molecule has 0 bridgehead atoms. The lowest BCUT2D eigenvalue weighted by Crippen LogP contribution is -2.29. The minimum absolute atomic E-state index is 0.0878. The lowest BCUT2D eigenvalue weighted by atomic mass is 10.0. The predicted molar refractivity (Wildman–Crippen MR) is 72.1 cm³/mol. The number of hydrazine groups is 1. The highest BCUT2D eigenvalue weighted by Gasteiger charge is 2.10. The molecule has 88 valence electrons. The molecule has 0 spiro atoms. The molecular formula is C13H14BrN3. The lowest BCUT2D eigenvalue weighted by Gasteiger charge is -2.15. The molecule has 4 heteroatoms. The molecule has 1 atom stereocenters. The van der Waals surface area contributed by atoms with Crippen LogP contribution >= 0.6 is 15.9 Å². The number of rotatable bonds is 4. The topological polar surface area (TPSA) is 50.9 Å². The van der Waals surface area contributed by atoms with Crippen molar-refractivity contribution in [3.05, 3.63) is 64.4 Å². The van der Waals surface area contributed by atoms with Crippen LogP contribution in [0, 0.1) is 0 Å². The largest absolute Gasteiger partial charge is 0.271 e. The van der Waals surface area contributed by atoms with Gasteiger partial charge in [-0.3, -0.25) is 16.3 Å². The minimum Gasteiger partial charge on any atom is -0.271 e. The van der Waals surface area contributed by atoms with Gasteiger partial charge in [0, 0.05) is 16.9 Å². The summed E-state index contributed by atoms with van der Waals surface area (Å²) in [5.74, 6) is 5.60. The predicted octanol–water partition coefficient (Wildman–Crippen LogP) is 2.59. The van der Waals surface area contributed by atoms with Gasteiger partial charge in [-0.25, -0.2) is 0 Å². The van der Waals surface area contributed by atoms with E-state index in [4.69, 9.17) is 5.84 Å². The van der Waals surface area contributed by atoms with Gasteiger partial charge in [-0.1, -0.05) is 34.1 Å². The van der Waals surface area contributed by atoms with E-state index in [2.05, 4.69) is 38.5 Å². The Labute approximate surface area is 109 Å². The van der Waals surface area contributed by atoms with Gasteiger partial charge in [0.05, 0.1) is 6.04 Å². The fraction of sp³-hybridized carbons (Fsp3) is 0.154. The van der Waals surface area contributed by atoms with Gasteiger partial charge in [0.2, 0.25) is 0 Å². The third-order valence-electron chi connectivity index (χ3n) is 2.64. The van der Waals surface area contributed by atoms with E-state index < -0.39 is 0 Å². The second kappa shape index (κ2) is 5.91. The monoisotopic (exact) mass is 291 g/mol. The Kier molecular flexibility index (Phi) is 4.25. The summed E-state index contributed by atoms with van der Waals surface area (Å²) in [5, 5.41) is 0. The first-order valence-corrected chi connectivity index (χ1v) is 6.19. The number of halogens is 1. The number of nitrogens with two attached hydrogens (primary N) is 1. The van der Waals surface area contributed by atoms with E-state index in [9.17, 15) is 0 Å². The summed E-state index contributed by atoms with van der Waals surface area (Å²) in [4.78, 5) is 4.11. The summed E-state index contributed by atoms with van der Waals surface area (Å²) in [7, 11) is 0. The molecule has 1 unspecified atom stereocenters. The molecular weight excluding hydrogens is 278 g/mol. The molecule has 0 aliphatic rings. The molecule has 1 aromatic heterocycles. The van der Waals surface area contributed by atoms with E-state index in [1.54, 1.807) is 6.20 Å². The number of pyridine rings is 1. The first-order chi connectivity index (χ1) is 8.29. The molecule has 1 heterocycles. The number of hydrogen-bond acceptors (Lipinski definition) is 3. The van der Waals surface area contributed by atoms with E-state index in [-0.39, 0.29) is 6.04 Å². The summed E-state index contributed by atoms with van der Waals surface area (Å²) in [6.45, 7) is 0. The standard InChI is InChI=1S/C13H14BrN3/c14-12-5-3-10(4-6-12)8-13(17-15)11-2-1-7-16-9-11/h1-7,9,13,17H,8,15H2. The third kappa shape index (κ3) is 3.36. The molecule has 1 aromatic carbocycles. The van der Waals surface area contributed by atoms with Crippen LogP contribution in [0.4, 0.5) is 0 Å². The first kappa shape index (κ1) is 12.2. The molecule has 0 saturated carbocycles. The van der Waals surface area contributed by atoms with Crippen LogP contribution in [0.2, 0.25) is 0 Å². The number of hydrogen-bond donors (Lipinski definition) is 2. The molecule has 0 amide bonds. The van der Waals surface area contributed by atoms with Crippen LogP contribution < -0.4 is 11.3 Å². The van der Waals surface area contributed by atoms with Gasteiger partial charge in [0.15, 0.2) is 0 Å². The van der Waals surface area contributed by atoms with Gasteiger partial charge in [0.25, 0.3) is 0 Å². The highest BCUT2D eigenvalue weighted by molar-refractivity contribution is 9.10. The summed E-state index contributed by atoms with van der Waals surface area (Å²) in [5.41, 5.74) is 5.16. The Bertz CT molecular complexity index is 456. The fourth-order valence-corrected chi connectivity index (χ4v) is 1.98. The molecule has 17 heavy (non-hydrogen) atoms. The van der Waals surface area contributed by atoms with Crippen LogP contribution in [0.1, 0.15) is 17.2 Å². The van der Waals surface area contributed by atoms with E-state index in [0.29, 0.717) is 0 Å². The van der Waals surface area contributed by atoms with E-state index >= 15 is 0 Å². The number of nitrogens with zero attached hydrogens (tertiary/aromatic N) is 1. The smallest absolute Gasteiger partial charge is 0.0515 e. The van der Waals surface area contributed by atoms with Crippen LogP contribution in [0.15, 0.2) is 53.3 Å². The van der Waals surface area contributed by atoms with E-state index in [0.717, 1.165) is 16.5 Å². The zero-order valence-corrected chi connectivity index (χ0v) is 10.9. The Morgan fingerprint density at radius 1 is 1.24 bits per heavy atom. The van der Waals surface area contributed by atoms with Crippen molar-refractivity contribution in [3.63, 3.8) is 0 Å². The third-order valence-corrected chi connectivity index (χ3v) is 3.17. The Balaban J connectivity index is 2.13. The second-order valence-electron chi connectivity index (χ2n) is 3.84. The average Bonchev–Trinajstić information content (AvgIpc) is 2.39. The summed E-state index contributed by atoms with van der Waals surface area (Å²) in [6, 6.07) is 12.3. The van der Waals surface area contributed by atoms with E-state index in [1.165, 1.54) is 5.56 Å².